The summed E-state index contributed by atoms with van der Waals surface area (Å²) in [4.78, 5) is 21.9. The van der Waals surface area contributed by atoms with Crippen molar-refractivity contribution in [2.24, 2.45) is 0 Å². The first-order valence-electron chi connectivity index (χ1n) is 5.72. The van der Waals surface area contributed by atoms with Crippen molar-refractivity contribution in [2.75, 3.05) is 11.9 Å². The predicted molar refractivity (Wildman–Crippen MR) is 69.6 cm³/mol. The van der Waals surface area contributed by atoms with E-state index in [2.05, 4.69) is 10.6 Å². The predicted octanol–water partition coefficient (Wildman–Crippen LogP) is 1.40. The van der Waals surface area contributed by atoms with Crippen LogP contribution in [0.3, 0.4) is 0 Å². The standard InChI is InChI=1S/C12H14N4O3/c1-3-14-12(17)8(2)15-10-5-4-9(7-13)6-11(10)16(18)19/h4-6,8,15H,3H2,1-2H3,(H,14,17)/t8-/m1/s1. The number of rotatable bonds is 5. The molecule has 0 aliphatic rings. The van der Waals surface area contributed by atoms with Crippen LogP contribution in [0, 0.1) is 21.4 Å². The van der Waals surface area contributed by atoms with Crippen molar-refractivity contribution in [2.45, 2.75) is 19.9 Å². The lowest BCUT2D eigenvalue weighted by Crippen LogP contribution is -2.37. The van der Waals surface area contributed by atoms with E-state index in [1.54, 1.807) is 13.8 Å². The van der Waals surface area contributed by atoms with Crippen LogP contribution in [0.1, 0.15) is 19.4 Å². The van der Waals surface area contributed by atoms with Gasteiger partial charge in [-0.3, -0.25) is 14.9 Å². The van der Waals surface area contributed by atoms with Crippen LogP contribution in [0.5, 0.6) is 0 Å². The smallest absolute Gasteiger partial charge is 0.293 e. The molecular formula is C12H14N4O3. The highest BCUT2D eigenvalue weighted by atomic mass is 16.6. The molecule has 0 spiro atoms. The molecular weight excluding hydrogens is 248 g/mol. The molecule has 0 heterocycles. The van der Waals surface area contributed by atoms with E-state index >= 15 is 0 Å². The van der Waals surface area contributed by atoms with Gasteiger partial charge in [-0.05, 0) is 26.0 Å². The van der Waals surface area contributed by atoms with Gasteiger partial charge in [0, 0.05) is 12.6 Å². The zero-order chi connectivity index (χ0) is 14.4. The molecule has 1 aromatic rings. The van der Waals surface area contributed by atoms with Crippen molar-refractivity contribution in [3.8, 4) is 6.07 Å². The average Bonchev–Trinajstić information content (AvgIpc) is 2.39. The number of nitriles is 1. The molecule has 1 rings (SSSR count). The number of hydrogen-bond acceptors (Lipinski definition) is 5. The van der Waals surface area contributed by atoms with E-state index in [0.717, 1.165) is 0 Å². The number of carbonyl (C=O) groups excluding carboxylic acids is 1. The fourth-order valence-corrected chi connectivity index (χ4v) is 1.50. The molecule has 0 radical (unpaired) electrons. The maximum atomic E-state index is 11.6. The minimum atomic E-state index is -0.605. The van der Waals surface area contributed by atoms with Crippen LogP contribution >= 0.6 is 0 Å². The van der Waals surface area contributed by atoms with Gasteiger partial charge in [-0.2, -0.15) is 5.26 Å². The van der Waals surface area contributed by atoms with Crippen LogP contribution in [0.2, 0.25) is 0 Å². The molecule has 1 amide bonds. The molecule has 0 aliphatic carbocycles. The number of anilines is 1. The minimum Gasteiger partial charge on any atom is -0.368 e. The highest BCUT2D eigenvalue weighted by Gasteiger charge is 2.19. The van der Waals surface area contributed by atoms with Crippen LogP contribution in [-0.4, -0.2) is 23.4 Å². The van der Waals surface area contributed by atoms with Crippen molar-refractivity contribution in [1.82, 2.24) is 5.32 Å². The molecule has 0 aliphatic heterocycles. The summed E-state index contributed by atoms with van der Waals surface area (Å²) in [6.45, 7) is 3.88. The number of carbonyl (C=O) groups is 1. The maximum Gasteiger partial charge on any atom is 0.293 e. The van der Waals surface area contributed by atoms with Crippen LogP contribution in [0.25, 0.3) is 0 Å². The second kappa shape index (κ2) is 6.35. The molecule has 0 aromatic heterocycles. The molecule has 0 fully saturated rings. The minimum absolute atomic E-state index is 0.197. The summed E-state index contributed by atoms with van der Waals surface area (Å²) in [6, 6.07) is 5.28. The second-order valence-electron chi connectivity index (χ2n) is 3.86. The van der Waals surface area contributed by atoms with Gasteiger partial charge in [-0.25, -0.2) is 0 Å². The Morgan fingerprint density at radius 3 is 2.79 bits per heavy atom. The van der Waals surface area contributed by atoms with Crippen molar-refractivity contribution >= 4 is 17.3 Å². The molecule has 100 valence electrons. The van der Waals surface area contributed by atoms with Gasteiger partial charge in [0.15, 0.2) is 0 Å². The van der Waals surface area contributed by atoms with Gasteiger partial charge in [0.05, 0.1) is 16.6 Å². The molecule has 1 atom stereocenters. The third-order valence-electron chi connectivity index (χ3n) is 2.44. The van der Waals surface area contributed by atoms with Gasteiger partial charge in [0.2, 0.25) is 5.91 Å². The van der Waals surface area contributed by atoms with Gasteiger partial charge < -0.3 is 10.6 Å². The molecule has 1 aromatic carbocycles. The van der Waals surface area contributed by atoms with E-state index in [1.165, 1.54) is 18.2 Å². The van der Waals surface area contributed by atoms with E-state index in [4.69, 9.17) is 5.26 Å². The molecule has 19 heavy (non-hydrogen) atoms. The summed E-state index contributed by atoms with van der Waals surface area (Å²) in [6.07, 6.45) is 0. The fraction of sp³-hybridized carbons (Fsp3) is 0.333. The first kappa shape index (κ1) is 14.4. The first-order chi connectivity index (χ1) is 8.99. The number of nitrogens with one attached hydrogen (secondary N) is 2. The summed E-state index contributed by atoms with van der Waals surface area (Å²) < 4.78 is 0. The third kappa shape index (κ3) is 3.67. The highest BCUT2D eigenvalue weighted by molar-refractivity contribution is 5.85. The first-order valence-corrected chi connectivity index (χ1v) is 5.72. The van der Waals surface area contributed by atoms with Gasteiger partial charge >= 0.3 is 0 Å². The lowest BCUT2D eigenvalue weighted by atomic mass is 10.1. The number of likely N-dealkylation sites (N-methyl/N-ethyl adjacent to an activating group) is 1. The molecule has 7 heteroatoms. The average molecular weight is 262 g/mol. The third-order valence-corrected chi connectivity index (χ3v) is 2.44. The van der Waals surface area contributed by atoms with E-state index in [1.807, 2.05) is 6.07 Å². The highest BCUT2D eigenvalue weighted by Crippen LogP contribution is 2.25. The van der Waals surface area contributed by atoms with Crippen LogP contribution in [0.4, 0.5) is 11.4 Å². The molecule has 0 unspecified atom stereocenters. The van der Waals surface area contributed by atoms with Crippen molar-refractivity contribution in [1.29, 1.82) is 5.26 Å². The summed E-state index contributed by atoms with van der Waals surface area (Å²) >= 11 is 0. The SMILES string of the molecule is CCNC(=O)[C@@H](C)Nc1ccc(C#N)cc1[N+](=O)[O-]. The Kier molecular flexibility index (Phi) is 4.83. The maximum absolute atomic E-state index is 11.6. The Labute approximate surface area is 110 Å². The summed E-state index contributed by atoms with van der Waals surface area (Å²) in [7, 11) is 0. The number of amides is 1. The zero-order valence-corrected chi connectivity index (χ0v) is 10.6. The van der Waals surface area contributed by atoms with E-state index in [9.17, 15) is 14.9 Å². The number of nitrogens with zero attached hydrogens (tertiary/aromatic N) is 2. The van der Waals surface area contributed by atoms with E-state index in [0.29, 0.717) is 6.54 Å². The Hall–Kier alpha value is -2.62. The van der Waals surface area contributed by atoms with Gasteiger partial charge in [-0.1, -0.05) is 0 Å². The monoisotopic (exact) mass is 262 g/mol. The largest absolute Gasteiger partial charge is 0.368 e. The van der Waals surface area contributed by atoms with Gasteiger partial charge in [0.1, 0.15) is 11.7 Å². The zero-order valence-electron chi connectivity index (χ0n) is 10.6. The van der Waals surface area contributed by atoms with Crippen LogP contribution < -0.4 is 10.6 Å². The molecule has 0 saturated carbocycles. The summed E-state index contributed by atoms with van der Waals surface area (Å²) in [5, 5.41) is 25.0. The van der Waals surface area contributed by atoms with Gasteiger partial charge in [0.25, 0.3) is 5.69 Å². The number of hydrogen-bond donors (Lipinski definition) is 2. The molecule has 7 nitrogen and oxygen atoms in total. The summed E-state index contributed by atoms with van der Waals surface area (Å²) in [5.74, 6) is -0.249. The molecule has 0 bridgehead atoms. The van der Waals surface area contributed by atoms with E-state index < -0.39 is 11.0 Å². The Morgan fingerprint density at radius 1 is 1.58 bits per heavy atom. The van der Waals surface area contributed by atoms with Crippen LogP contribution in [-0.2, 0) is 4.79 Å². The van der Waals surface area contributed by atoms with Crippen LogP contribution in [0.15, 0.2) is 18.2 Å². The Morgan fingerprint density at radius 2 is 2.26 bits per heavy atom. The lowest BCUT2D eigenvalue weighted by Gasteiger charge is -2.14. The van der Waals surface area contributed by atoms with Crippen molar-refractivity contribution in [3.05, 3.63) is 33.9 Å². The topological polar surface area (TPSA) is 108 Å². The normalized spacial score (nSPS) is 11.2. The second-order valence-corrected chi connectivity index (χ2v) is 3.86. The lowest BCUT2D eigenvalue weighted by molar-refractivity contribution is -0.384. The van der Waals surface area contributed by atoms with Crippen molar-refractivity contribution < 1.29 is 9.72 Å². The molecule has 0 saturated heterocycles. The number of nitro groups is 1. The quantitative estimate of drug-likeness (QED) is 0.616. The number of benzene rings is 1. The van der Waals surface area contributed by atoms with Gasteiger partial charge in [-0.15, -0.1) is 0 Å². The Bertz CT molecular complexity index is 536. The Balaban J connectivity index is 2.98. The van der Waals surface area contributed by atoms with E-state index in [-0.39, 0.29) is 22.8 Å². The number of nitro benzene ring substituents is 1. The molecule has 2 N–H and O–H groups in total. The van der Waals surface area contributed by atoms with Crippen molar-refractivity contribution in [3.63, 3.8) is 0 Å². The fourth-order valence-electron chi connectivity index (χ4n) is 1.50. The summed E-state index contributed by atoms with van der Waals surface area (Å²) in [5.41, 5.74) is 0.181.